The SMILES string of the molecule is O=C(c1cncnc1)N1CCOC2(COCC(=O)N(c3ccccc3)C2)C1. The highest BCUT2D eigenvalue weighted by molar-refractivity contribution is 5.95. The van der Waals surface area contributed by atoms with Crippen molar-refractivity contribution in [2.45, 2.75) is 5.60 Å². The number of carbonyl (C=O) groups is 2. The van der Waals surface area contributed by atoms with E-state index in [4.69, 9.17) is 9.47 Å². The lowest BCUT2D eigenvalue weighted by molar-refractivity contribution is -0.128. The van der Waals surface area contributed by atoms with Gasteiger partial charge in [-0.05, 0) is 12.1 Å². The molecule has 0 aliphatic carbocycles. The Bertz CT molecular complexity index is 817. The van der Waals surface area contributed by atoms with E-state index in [0.717, 1.165) is 5.69 Å². The van der Waals surface area contributed by atoms with Gasteiger partial charge >= 0.3 is 0 Å². The molecular weight excluding hydrogens is 348 g/mol. The number of carbonyl (C=O) groups excluding carboxylic acids is 2. The van der Waals surface area contributed by atoms with Crippen molar-refractivity contribution in [2.75, 3.05) is 44.4 Å². The molecule has 27 heavy (non-hydrogen) atoms. The predicted molar refractivity (Wildman–Crippen MR) is 96.2 cm³/mol. The zero-order valence-electron chi connectivity index (χ0n) is 14.8. The van der Waals surface area contributed by atoms with E-state index < -0.39 is 5.60 Å². The number of ether oxygens (including phenoxy) is 2. The topological polar surface area (TPSA) is 84.9 Å². The van der Waals surface area contributed by atoms with Crippen LogP contribution in [0.5, 0.6) is 0 Å². The molecule has 2 aromatic rings. The van der Waals surface area contributed by atoms with Crippen molar-refractivity contribution < 1.29 is 19.1 Å². The van der Waals surface area contributed by atoms with Gasteiger partial charge in [0, 0.05) is 24.6 Å². The second kappa shape index (κ2) is 7.42. The number of benzene rings is 1. The van der Waals surface area contributed by atoms with E-state index in [1.165, 1.54) is 18.7 Å². The molecule has 0 bridgehead atoms. The van der Waals surface area contributed by atoms with Crippen LogP contribution in [0.1, 0.15) is 10.4 Å². The minimum atomic E-state index is -0.772. The number of rotatable bonds is 2. The van der Waals surface area contributed by atoms with Gasteiger partial charge in [0.05, 0.1) is 31.9 Å². The predicted octanol–water partition coefficient (Wildman–Crippen LogP) is 0.751. The van der Waals surface area contributed by atoms with Gasteiger partial charge in [-0.15, -0.1) is 0 Å². The van der Waals surface area contributed by atoms with Crippen molar-refractivity contribution in [1.82, 2.24) is 14.9 Å². The summed E-state index contributed by atoms with van der Waals surface area (Å²) in [6, 6.07) is 9.42. The molecular formula is C19H20N4O4. The molecule has 1 spiro atoms. The van der Waals surface area contributed by atoms with Gasteiger partial charge in [-0.1, -0.05) is 18.2 Å². The third kappa shape index (κ3) is 3.67. The van der Waals surface area contributed by atoms with Gasteiger partial charge in [0.15, 0.2) is 0 Å². The van der Waals surface area contributed by atoms with E-state index in [1.54, 1.807) is 9.80 Å². The van der Waals surface area contributed by atoms with E-state index >= 15 is 0 Å². The van der Waals surface area contributed by atoms with Gasteiger partial charge in [0.25, 0.3) is 11.8 Å². The number of para-hydroxylation sites is 1. The Morgan fingerprint density at radius 1 is 1.11 bits per heavy atom. The van der Waals surface area contributed by atoms with Crippen LogP contribution < -0.4 is 4.90 Å². The van der Waals surface area contributed by atoms with Gasteiger partial charge in [-0.25, -0.2) is 9.97 Å². The Hall–Kier alpha value is -2.84. The minimum absolute atomic E-state index is 0.0134. The molecule has 1 unspecified atom stereocenters. The highest BCUT2D eigenvalue weighted by Gasteiger charge is 2.43. The maximum atomic E-state index is 12.8. The summed E-state index contributed by atoms with van der Waals surface area (Å²) in [6.45, 7) is 1.73. The lowest BCUT2D eigenvalue weighted by Crippen LogP contribution is -2.60. The summed E-state index contributed by atoms with van der Waals surface area (Å²) < 4.78 is 11.7. The fourth-order valence-electron chi connectivity index (χ4n) is 3.46. The zero-order chi connectivity index (χ0) is 18.7. The summed E-state index contributed by atoms with van der Waals surface area (Å²) in [5.41, 5.74) is 0.446. The normalized spacial score (nSPS) is 23.3. The maximum absolute atomic E-state index is 12.8. The van der Waals surface area contributed by atoms with Crippen LogP contribution in [-0.2, 0) is 14.3 Å². The number of hydrogen-bond donors (Lipinski definition) is 0. The molecule has 1 atom stereocenters. The summed E-state index contributed by atoms with van der Waals surface area (Å²) >= 11 is 0. The van der Waals surface area contributed by atoms with Crippen LogP contribution >= 0.6 is 0 Å². The van der Waals surface area contributed by atoms with Gasteiger partial charge < -0.3 is 19.3 Å². The summed E-state index contributed by atoms with van der Waals surface area (Å²) in [5, 5.41) is 0. The van der Waals surface area contributed by atoms with E-state index in [0.29, 0.717) is 31.8 Å². The second-order valence-corrected chi connectivity index (χ2v) is 6.69. The molecule has 140 valence electrons. The molecule has 1 aromatic heterocycles. The Morgan fingerprint density at radius 3 is 2.67 bits per heavy atom. The van der Waals surface area contributed by atoms with Gasteiger partial charge in [0.1, 0.15) is 18.5 Å². The number of nitrogens with zero attached hydrogens (tertiary/aromatic N) is 4. The molecule has 4 rings (SSSR count). The number of aromatic nitrogens is 2. The van der Waals surface area contributed by atoms with Crippen molar-refractivity contribution in [3.05, 3.63) is 54.6 Å². The van der Waals surface area contributed by atoms with Gasteiger partial charge in [-0.2, -0.15) is 0 Å². The highest BCUT2D eigenvalue weighted by atomic mass is 16.5. The number of amides is 2. The molecule has 8 nitrogen and oxygen atoms in total. The molecule has 2 saturated heterocycles. The van der Waals surface area contributed by atoms with E-state index in [-0.39, 0.29) is 25.0 Å². The van der Waals surface area contributed by atoms with Crippen molar-refractivity contribution in [1.29, 1.82) is 0 Å². The largest absolute Gasteiger partial charge is 0.368 e. The standard InChI is InChI=1S/C19H20N4O4/c24-17-10-26-13-19(12-23(17)16-4-2-1-3-5-16)11-22(6-7-27-19)18(25)15-8-20-14-21-9-15/h1-5,8-9,14H,6-7,10-13H2. The van der Waals surface area contributed by atoms with Crippen molar-refractivity contribution in [3.63, 3.8) is 0 Å². The third-order valence-corrected chi connectivity index (χ3v) is 4.75. The van der Waals surface area contributed by atoms with Crippen molar-refractivity contribution in [3.8, 4) is 0 Å². The Balaban J connectivity index is 1.57. The summed E-state index contributed by atoms with van der Waals surface area (Å²) in [4.78, 5) is 36.5. The Labute approximate surface area is 156 Å². The second-order valence-electron chi connectivity index (χ2n) is 6.69. The molecule has 0 N–H and O–H groups in total. The fourth-order valence-corrected chi connectivity index (χ4v) is 3.46. The molecule has 1 aromatic carbocycles. The van der Waals surface area contributed by atoms with E-state index in [9.17, 15) is 9.59 Å². The quantitative estimate of drug-likeness (QED) is 0.778. The lowest BCUT2D eigenvalue weighted by Gasteiger charge is -2.43. The molecule has 2 aliphatic heterocycles. The average molecular weight is 368 g/mol. The minimum Gasteiger partial charge on any atom is -0.368 e. The maximum Gasteiger partial charge on any atom is 0.257 e. The molecule has 2 fully saturated rings. The first-order valence-electron chi connectivity index (χ1n) is 8.78. The monoisotopic (exact) mass is 368 g/mol. The van der Waals surface area contributed by atoms with Crippen LogP contribution in [0, 0.1) is 0 Å². The Morgan fingerprint density at radius 2 is 1.89 bits per heavy atom. The number of morpholine rings is 1. The Kier molecular flexibility index (Phi) is 4.83. The summed E-state index contributed by atoms with van der Waals surface area (Å²) in [5.74, 6) is -0.276. The first-order valence-corrected chi connectivity index (χ1v) is 8.78. The first kappa shape index (κ1) is 17.6. The van der Waals surface area contributed by atoms with Crippen molar-refractivity contribution in [2.24, 2.45) is 0 Å². The highest BCUT2D eigenvalue weighted by Crippen LogP contribution is 2.27. The molecule has 2 amide bonds. The molecule has 3 heterocycles. The van der Waals surface area contributed by atoms with E-state index in [1.807, 2.05) is 30.3 Å². The van der Waals surface area contributed by atoms with Gasteiger partial charge in [0.2, 0.25) is 0 Å². The van der Waals surface area contributed by atoms with E-state index in [2.05, 4.69) is 9.97 Å². The lowest BCUT2D eigenvalue weighted by atomic mass is 10.0. The number of anilines is 1. The van der Waals surface area contributed by atoms with Gasteiger partial charge in [-0.3, -0.25) is 9.59 Å². The van der Waals surface area contributed by atoms with Crippen LogP contribution in [0.4, 0.5) is 5.69 Å². The average Bonchev–Trinajstić information content (AvgIpc) is 2.88. The molecule has 0 saturated carbocycles. The molecule has 0 radical (unpaired) electrons. The first-order chi connectivity index (χ1) is 13.2. The summed E-state index contributed by atoms with van der Waals surface area (Å²) in [7, 11) is 0. The zero-order valence-corrected chi connectivity index (χ0v) is 14.8. The van der Waals surface area contributed by atoms with Crippen LogP contribution in [-0.4, -0.2) is 71.7 Å². The number of hydrogen-bond acceptors (Lipinski definition) is 6. The van der Waals surface area contributed by atoms with Crippen LogP contribution in [0.25, 0.3) is 0 Å². The van der Waals surface area contributed by atoms with Crippen molar-refractivity contribution >= 4 is 17.5 Å². The summed E-state index contributed by atoms with van der Waals surface area (Å²) in [6.07, 6.45) is 4.39. The fraction of sp³-hybridized carbons (Fsp3) is 0.368. The van der Waals surface area contributed by atoms with Crippen LogP contribution in [0.15, 0.2) is 49.1 Å². The molecule has 8 heteroatoms. The molecule has 2 aliphatic rings. The van der Waals surface area contributed by atoms with Crippen LogP contribution in [0.3, 0.4) is 0 Å². The third-order valence-electron chi connectivity index (χ3n) is 4.75. The smallest absolute Gasteiger partial charge is 0.257 e. The van der Waals surface area contributed by atoms with Crippen LogP contribution in [0.2, 0.25) is 0 Å².